The van der Waals surface area contributed by atoms with E-state index in [4.69, 9.17) is 28.4 Å². The van der Waals surface area contributed by atoms with Gasteiger partial charge >= 0.3 is 0 Å². The highest BCUT2D eigenvalue weighted by atomic mass is 16.8. The van der Waals surface area contributed by atoms with Crippen molar-refractivity contribution in [1.82, 2.24) is 4.90 Å². The smallest absolute Gasteiger partial charge is 0.253 e. The van der Waals surface area contributed by atoms with Gasteiger partial charge < -0.3 is 74.2 Å². The number of ether oxygens (including phenoxy) is 6. The minimum Gasteiger partial charge on any atom is -0.504 e. The lowest BCUT2D eigenvalue weighted by molar-refractivity contribution is -0.352. The van der Waals surface area contributed by atoms with Gasteiger partial charge in [0.05, 0.1) is 38.2 Å². The zero-order valence-electron chi connectivity index (χ0n) is 25.5. The van der Waals surface area contributed by atoms with Crippen molar-refractivity contribution in [3.63, 3.8) is 0 Å². The van der Waals surface area contributed by atoms with Gasteiger partial charge in [-0.05, 0) is 36.1 Å². The van der Waals surface area contributed by atoms with Crippen LogP contribution in [0.1, 0.15) is 23.6 Å². The van der Waals surface area contributed by atoms with Crippen molar-refractivity contribution in [2.75, 3.05) is 26.9 Å². The molecule has 16 heteroatoms. The number of phenolic OH excluding ortho intramolecular Hbond substituents is 1. The summed E-state index contributed by atoms with van der Waals surface area (Å²) in [6.45, 7) is 3.18. The summed E-state index contributed by atoms with van der Waals surface area (Å²) < 4.78 is 33.7. The molecule has 16 nitrogen and oxygen atoms in total. The highest BCUT2D eigenvalue weighted by Crippen LogP contribution is 2.49. The maximum Gasteiger partial charge on any atom is 0.253 e. The molecule has 1 amide bonds. The Bertz CT molecular complexity index is 1360. The molecular weight excluding hydrogens is 626 g/mol. The van der Waals surface area contributed by atoms with Crippen LogP contribution in [0.25, 0.3) is 0 Å². The van der Waals surface area contributed by atoms with Gasteiger partial charge in [0.25, 0.3) is 5.91 Å². The Morgan fingerprint density at radius 1 is 0.957 bits per heavy atom. The number of benzene rings is 1. The molecule has 14 atom stereocenters. The van der Waals surface area contributed by atoms with Crippen molar-refractivity contribution in [1.29, 1.82) is 0 Å². The predicted octanol–water partition coefficient (Wildman–Crippen LogP) is -2.47. The van der Waals surface area contributed by atoms with Crippen LogP contribution in [0.3, 0.4) is 0 Å². The predicted molar refractivity (Wildman–Crippen MR) is 155 cm³/mol. The molecule has 8 N–H and O–H groups in total. The zero-order valence-corrected chi connectivity index (χ0v) is 25.5. The Balaban J connectivity index is 1.17. The molecule has 0 spiro atoms. The van der Waals surface area contributed by atoms with Crippen molar-refractivity contribution in [2.45, 2.75) is 86.6 Å². The summed E-state index contributed by atoms with van der Waals surface area (Å²) in [4.78, 5) is 15.4. The Hall–Kier alpha value is -2.87. The maximum absolute atomic E-state index is 13.7. The van der Waals surface area contributed by atoms with Crippen LogP contribution in [0.2, 0.25) is 0 Å². The van der Waals surface area contributed by atoms with Crippen LogP contribution in [0.4, 0.5) is 0 Å². The molecule has 14 unspecified atom stereocenters. The minimum atomic E-state index is -1.76. The van der Waals surface area contributed by atoms with Crippen LogP contribution < -0.4 is 4.74 Å². The van der Waals surface area contributed by atoms with E-state index in [-0.39, 0.29) is 17.7 Å². The van der Waals surface area contributed by atoms with E-state index in [1.54, 1.807) is 23.1 Å². The maximum atomic E-state index is 13.7. The molecule has 1 aromatic carbocycles. The van der Waals surface area contributed by atoms with Gasteiger partial charge in [-0.1, -0.05) is 6.08 Å². The molecule has 0 radical (unpaired) electrons. The number of hydrogen-bond donors (Lipinski definition) is 8. The number of methoxy groups -OCH3 is 1. The third-order valence-electron chi connectivity index (χ3n) is 9.77. The first-order chi connectivity index (χ1) is 22.5. The number of rotatable bonds is 8. The number of aliphatic hydroxyl groups is 7. The number of aliphatic hydroxyl groups excluding tert-OH is 7. The van der Waals surface area contributed by atoms with E-state index in [0.29, 0.717) is 30.7 Å². The molecule has 1 aromatic rings. The summed E-state index contributed by atoms with van der Waals surface area (Å²) in [5, 5.41) is 82.3. The Kier molecular flexibility index (Phi) is 9.81. The van der Waals surface area contributed by atoms with Crippen molar-refractivity contribution in [2.24, 2.45) is 11.8 Å². The lowest BCUT2D eigenvalue weighted by Crippen LogP contribution is -2.62. The van der Waals surface area contributed by atoms with E-state index in [1.807, 2.05) is 0 Å². The van der Waals surface area contributed by atoms with Gasteiger partial charge in [0.1, 0.15) is 48.8 Å². The van der Waals surface area contributed by atoms with Crippen molar-refractivity contribution in [3.05, 3.63) is 47.7 Å². The average molecular weight is 668 g/mol. The summed E-state index contributed by atoms with van der Waals surface area (Å²) in [6, 6.07) is 3.04. The minimum absolute atomic E-state index is 0.0374. The quantitative estimate of drug-likeness (QED) is 0.134. The number of carbonyl (C=O) groups is 1. The van der Waals surface area contributed by atoms with Gasteiger partial charge in [-0.15, -0.1) is 6.58 Å². The molecule has 0 aromatic heterocycles. The molecule has 0 aliphatic carbocycles. The first-order valence-electron chi connectivity index (χ1n) is 15.4. The zero-order chi connectivity index (χ0) is 33.7. The highest BCUT2D eigenvalue weighted by Gasteiger charge is 2.51. The van der Waals surface area contributed by atoms with Gasteiger partial charge in [-0.25, -0.2) is 0 Å². The normalized spacial score (nSPS) is 41.6. The van der Waals surface area contributed by atoms with Crippen LogP contribution in [-0.2, 0) is 34.9 Å². The second-order valence-corrected chi connectivity index (χ2v) is 12.4. The number of phenols is 1. The fraction of sp³-hybridized carbons (Fsp3) is 0.645. The topological polar surface area (TPSA) is 238 Å². The van der Waals surface area contributed by atoms with Gasteiger partial charge in [0.2, 0.25) is 6.29 Å². The first-order valence-corrected chi connectivity index (χ1v) is 15.4. The van der Waals surface area contributed by atoms with Crippen LogP contribution in [0.15, 0.2) is 36.6 Å². The molecule has 0 saturated carbocycles. The van der Waals surface area contributed by atoms with E-state index >= 15 is 0 Å². The van der Waals surface area contributed by atoms with E-state index in [2.05, 4.69) is 6.58 Å². The lowest BCUT2D eigenvalue weighted by atomic mass is 9.73. The third-order valence-corrected chi connectivity index (χ3v) is 9.77. The Morgan fingerprint density at radius 2 is 1.64 bits per heavy atom. The Morgan fingerprint density at radius 3 is 2.32 bits per heavy atom. The summed E-state index contributed by atoms with van der Waals surface area (Å²) in [6.07, 6.45) is -13.1. The lowest BCUT2D eigenvalue weighted by Gasteiger charge is -2.49. The molecule has 5 aliphatic rings. The van der Waals surface area contributed by atoms with Crippen LogP contribution in [0.5, 0.6) is 11.5 Å². The summed E-state index contributed by atoms with van der Waals surface area (Å²) in [5.41, 5.74) is 2.18. The Labute approximate surface area is 269 Å². The first kappa shape index (κ1) is 34.0. The SMILES string of the molecule is C=CC1C(OC2OC(COC3OC(CO)C(O)C(O)C3O)C(O)C(O)C2O)OC=C2C(=O)N3CCc4cc(OC)c(O)cc4C3CC21. The second kappa shape index (κ2) is 13.6. The largest absolute Gasteiger partial charge is 0.504 e. The standard InChI is InChI=1S/C31H41NO15/c1-3-13-15-7-17-14-8-18(34)19(42-2)6-12(14)4-5-32(17)28(41)16(15)10-43-29(13)47-31-27(40)25(38)23(36)21(46-31)11-44-30-26(39)24(37)22(35)20(9-33)45-30/h3,6,8,10,13,15,17,20-27,29-31,33-40H,1,4-5,7,9,11H2,2H3. The fourth-order valence-corrected chi connectivity index (χ4v) is 7.09. The molecule has 47 heavy (non-hydrogen) atoms. The van der Waals surface area contributed by atoms with E-state index in [9.17, 15) is 45.6 Å². The van der Waals surface area contributed by atoms with Gasteiger partial charge in [0, 0.05) is 18.4 Å². The third kappa shape index (κ3) is 6.02. The number of carbonyl (C=O) groups excluding carboxylic acids is 1. The number of piperidine rings is 1. The van der Waals surface area contributed by atoms with E-state index in [1.165, 1.54) is 13.4 Å². The van der Waals surface area contributed by atoms with Crippen LogP contribution >= 0.6 is 0 Å². The number of hydrogen-bond acceptors (Lipinski definition) is 15. The van der Waals surface area contributed by atoms with Crippen molar-refractivity contribution in [3.8, 4) is 11.5 Å². The van der Waals surface area contributed by atoms with Crippen molar-refractivity contribution < 1.29 is 74.1 Å². The second-order valence-electron chi connectivity index (χ2n) is 12.4. The van der Waals surface area contributed by atoms with Crippen molar-refractivity contribution >= 4 is 5.91 Å². The van der Waals surface area contributed by atoms with E-state index < -0.39 is 92.8 Å². The number of amides is 1. The molecule has 3 saturated heterocycles. The van der Waals surface area contributed by atoms with Gasteiger partial charge in [0.15, 0.2) is 24.1 Å². The number of fused-ring (bicyclic) bond motifs is 4. The molecular formula is C31H41NO15. The molecule has 260 valence electrons. The molecule has 5 heterocycles. The van der Waals surface area contributed by atoms with Crippen LogP contribution in [0, 0.1) is 11.8 Å². The molecule has 3 fully saturated rings. The highest BCUT2D eigenvalue weighted by molar-refractivity contribution is 5.95. The average Bonchev–Trinajstić information content (AvgIpc) is 3.07. The van der Waals surface area contributed by atoms with Crippen LogP contribution in [-0.4, -0.2) is 146 Å². The number of nitrogens with zero attached hydrogens (tertiary/aromatic N) is 1. The molecule has 6 rings (SSSR count). The summed E-state index contributed by atoms with van der Waals surface area (Å²) in [7, 11) is 1.47. The molecule has 0 bridgehead atoms. The monoisotopic (exact) mass is 667 g/mol. The number of aromatic hydroxyl groups is 1. The fourth-order valence-electron chi connectivity index (χ4n) is 7.09. The van der Waals surface area contributed by atoms with Gasteiger partial charge in [-0.3, -0.25) is 4.79 Å². The summed E-state index contributed by atoms with van der Waals surface area (Å²) in [5.74, 6) is -0.975. The van der Waals surface area contributed by atoms with Gasteiger partial charge in [-0.2, -0.15) is 0 Å². The van der Waals surface area contributed by atoms with E-state index in [0.717, 1.165) is 11.1 Å². The summed E-state index contributed by atoms with van der Waals surface area (Å²) >= 11 is 0. The molecule has 5 aliphatic heterocycles.